The first-order valence-corrected chi connectivity index (χ1v) is 8.44. The quantitative estimate of drug-likeness (QED) is 0.461. The second kappa shape index (κ2) is 6.79. The Morgan fingerprint density at radius 1 is 1.32 bits per heavy atom. The van der Waals surface area contributed by atoms with Gasteiger partial charge in [-0.2, -0.15) is 0 Å². The van der Waals surface area contributed by atoms with Gasteiger partial charge in [0.15, 0.2) is 0 Å². The van der Waals surface area contributed by atoms with Crippen LogP contribution in [0.5, 0.6) is 0 Å². The van der Waals surface area contributed by atoms with Crippen LogP contribution in [0.4, 0.5) is 0 Å². The molecule has 0 saturated heterocycles. The Morgan fingerprint density at radius 3 is 2.47 bits per heavy atom. The van der Waals surface area contributed by atoms with E-state index in [2.05, 4.69) is 0 Å². The molecular formula is C11H11Cl3O4S. The van der Waals surface area contributed by atoms with Crippen LogP contribution < -0.4 is 0 Å². The highest BCUT2D eigenvalue weighted by Crippen LogP contribution is 2.32. The number of unbranched alkanes of at least 4 members (excludes halogenated alkanes) is 1. The molecule has 0 bridgehead atoms. The topological polar surface area (TPSA) is 60.4 Å². The van der Waals surface area contributed by atoms with Crippen molar-refractivity contribution in [2.24, 2.45) is 0 Å². The molecule has 0 fully saturated rings. The molecule has 0 amide bonds. The SMILES string of the molecule is CCCCOC(=O)c1cc(Cl)cc(S(=O)(=O)Cl)c1Cl. The van der Waals surface area contributed by atoms with Crippen molar-refractivity contribution in [3.63, 3.8) is 0 Å². The third-order valence-corrected chi connectivity index (χ3v) is 4.30. The number of hydrogen-bond acceptors (Lipinski definition) is 4. The highest BCUT2D eigenvalue weighted by Gasteiger charge is 2.23. The molecule has 0 N–H and O–H groups in total. The summed E-state index contributed by atoms with van der Waals surface area (Å²) in [5.41, 5.74) is -0.121. The minimum atomic E-state index is -4.09. The van der Waals surface area contributed by atoms with Crippen molar-refractivity contribution in [3.05, 3.63) is 27.7 Å². The first-order chi connectivity index (χ1) is 8.77. The zero-order valence-corrected chi connectivity index (χ0v) is 13.0. The summed E-state index contributed by atoms with van der Waals surface area (Å²) in [7, 11) is 1.13. The summed E-state index contributed by atoms with van der Waals surface area (Å²) in [6, 6.07) is 2.32. The van der Waals surface area contributed by atoms with Gasteiger partial charge in [-0.1, -0.05) is 36.5 Å². The minimum Gasteiger partial charge on any atom is -0.462 e. The van der Waals surface area contributed by atoms with Crippen LogP contribution in [0.1, 0.15) is 30.1 Å². The molecule has 0 aliphatic carbocycles. The Morgan fingerprint density at radius 2 is 1.95 bits per heavy atom. The van der Waals surface area contributed by atoms with Crippen LogP contribution in [-0.2, 0) is 13.8 Å². The lowest BCUT2D eigenvalue weighted by Gasteiger charge is -2.08. The van der Waals surface area contributed by atoms with Gasteiger partial charge >= 0.3 is 5.97 Å². The molecule has 0 aliphatic rings. The molecule has 1 aromatic rings. The van der Waals surface area contributed by atoms with Gasteiger partial charge in [-0.3, -0.25) is 0 Å². The van der Waals surface area contributed by atoms with E-state index in [9.17, 15) is 13.2 Å². The Labute approximate surface area is 126 Å². The van der Waals surface area contributed by atoms with Crippen molar-refractivity contribution < 1.29 is 17.9 Å². The maximum absolute atomic E-state index is 11.8. The van der Waals surface area contributed by atoms with E-state index in [4.69, 9.17) is 38.6 Å². The first-order valence-electron chi connectivity index (χ1n) is 5.38. The van der Waals surface area contributed by atoms with Crippen LogP contribution in [0, 0.1) is 0 Å². The predicted molar refractivity (Wildman–Crippen MR) is 74.7 cm³/mol. The van der Waals surface area contributed by atoms with Crippen molar-refractivity contribution in [1.82, 2.24) is 0 Å². The maximum atomic E-state index is 11.8. The average molecular weight is 346 g/mol. The zero-order valence-electron chi connectivity index (χ0n) is 9.95. The van der Waals surface area contributed by atoms with Crippen LogP contribution in [0.15, 0.2) is 17.0 Å². The molecule has 0 atom stereocenters. The Hall–Kier alpha value is -0.490. The van der Waals surface area contributed by atoms with Crippen LogP contribution in [0.25, 0.3) is 0 Å². The second-order valence-corrected chi connectivity index (χ2v) is 7.04. The third-order valence-electron chi connectivity index (χ3n) is 2.22. The van der Waals surface area contributed by atoms with Crippen molar-refractivity contribution in [2.75, 3.05) is 6.61 Å². The van der Waals surface area contributed by atoms with Crippen molar-refractivity contribution in [3.8, 4) is 0 Å². The number of hydrogen-bond donors (Lipinski definition) is 0. The number of benzene rings is 1. The van der Waals surface area contributed by atoms with E-state index in [0.717, 1.165) is 12.5 Å². The molecule has 4 nitrogen and oxygen atoms in total. The van der Waals surface area contributed by atoms with Gasteiger partial charge in [0.05, 0.1) is 17.2 Å². The number of carbonyl (C=O) groups excluding carboxylic acids is 1. The number of halogens is 3. The van der Waals surface area contributed by atoms with Gasteiger partial charge in [-0.05, 0) is 18.6 Å². The molecule has 0 aromatic heterocycles. The summed E-state index contributed by atoms with van der Waals surface area (Å²) >= 11 is 11.6. The van der Waals surface area contributed by atoms with Crippen LogP contribution in [-0.4, -0.2) is 21.0 Å². The lowest BCUT2D eigenvalue weighted by Crippen LogP contribution is -2.08. The molecule has 1 rings (SSSR count). The lowest BCUT2D eigenvalue weighted by atomic mass is 10.2. The summed E-state index contributed by atoms with van der Waals surface area (Å²) in [6.45, 7) is 2.17. The van der Waals surface area contributed by atoms with E-state index in [1.807, 2.05) is 6.92 Å². The van der Waals surface area contributed by atoms with Crippen molar-refractivity contribution in [2.45, 2.75) is 24.7 Å². The van der Waals surface area contributed by atoms with Gasteiger partial charge in [0.2, 0.25) is 0 Å². The number of esters is 1. The van der Waals surface area contributed by atoms with Crippen LogP contribution in [0.2, 0.25) is 10.0 Å². The van der Waals surface area contributed by atoms with Gasteiger partial charge in [0, 0.05) is 15.7 Å². The fourth-order valence-electron chi connectivity index (χ4n) is 1.28. The molecule has 0 spiro atoms. The van der Waals surface area contributed by atoms with E-state index in [-0.39, 0.29) is 22.2 Å². The molecule has 0 saturated carbocycles. The summed E-state index contributed by atoms with van der Waals surface area (Å²) in [4.78, 5) is 11.4. The number of carbonyl (C=O) groups is 1. The van der Waals surface area contributed by atoms with Gasteiger partial charge in [0.25, 0.3) is 9.05 Å². The first kappa shape index (κ1) is 16.6. The Balaban J connectivity index is 3.15. The molecule has 8 heteroatoms. The van der Waals surface area contributed by atoms with E-state index < -0.39 is 19.9 Å². The fraction of sp³-hybridized carbons (Fsp3) is 0.364. The van der Waals surface area contributed by atoms with E-state index in [1.54, 1.807) is 0 Å². The molecule has 106 valence electrons. The highest BCUT2D eigenvalue weighted by atomic mass is 35.7. The molecule has 0 heterocycles. The Kier molecular flexibility index (Phi) is 5.92. The molecule has 0 radical (unpaired) electrons. The minimum absolute atomic E-state index is 0.0334. The lowest BCUT2D eigenvalue weighted by molar-refractivity contribution is 0.0499. The summed E-state index contributed by atoms with van der Waals surface area (Å²) in [6.07, 6.45) is 1.56. The van der Waals surface area contributed by atoms with Gasteiger partial charge in [-0.25, -0.2) is 13.2 Å². The van der Waals surface area contributed by atoms with Gasteiger partial charge < -0.3 is 4.74 Å². The molecular weight excluding hydrogens is 335 g/mol. The standard InChI is InChI=1S/C11H11Cl3O4S/c1-2-3-4-18-11(15)8-5-7(12)6-9(10(8)13)19(14,16)17/h5-6H,2-4H2,1H3. The maximum Gasteiger partial charge on any atom is 0.339 e. The molecule has 1 aromatic carbocycles. The molecule has 19 heavy (non-hydrogen) atoms. The fourth-order valence-corrected chi connectivity index (χ4v) is 3.13. The van der Waals surface area contributed by atoms with Crippen LogP contribution in [0.3, 0.4) is 0 Å². The smallest absolute Gasteiger partial charge is 0.339 e. The second-order valence-electron chi connectivity index (χ2n) is 3.69. The number of rotatable bonds is 5. The summed E-state index contributed by atoms with van der Waals surface area (Å²) < 4.78 is 27.6. The molecule has 0 unspecified atom stereocenters. The number of ether oxygens (including phenoxy) is 1. The van der Waals surface area contributed by atoms with Gasteiger partial charge in [0.1, 0.15) is 4.90 Å². The summed E-state index contributed by atoms with van der Waals surface area (Å²) in [5, 5.41) is -0.257. The zero-order chi connectivity index (χ0) is 14.6. The van der Waals surface area contributed by atoms with E-state index >= 15 is 0 Å². The van der Waals surface area contributed by atoms with Crippen LogP contribution >= 0.6 is 33.9 Å². The van der Waals surface area contributed by atoms with E-state index in [0.29, 0.717) is 6.42 Å². The largest absolute Gasteiger partial charge is 0.462 e. The van der Waals surface area contributed by atoms with Gasteiger partial charge in [-0.15, -0.1) is 0 Å². The van der Waals surface area contributed by atoms with E-state index in [1.165, 1.54) is 6.07 Å². The molecule has 0 aliphatic heterocycles. The average Bonchev–Trinajstić information content (AvgIpc) is 2.30. The normalized spacial score (nSPS) is 11.4. The summed E-state index contributed by atoms with van der Waals surface area (Å²) in [5.74, 6) is -0.734. The van der Waals surface area contributed by atoms with Crippen molar-refractivity contribution in [1.29, 1.82) is 0 Å². The third kappa shape index (κ3) is 4.53. The van der Waals surface area contributed by atoms with Crippen molar-refractivity contribution >= 4 is 48.9 Å². The monoisotopic (exact) mass is 344 g/mol. The Bertz CT molecular complexity index is 584. The predicted octanol–water partition coefficient (Wildman–Crippen LogP) is 3.88. The highest BCUT2D eigenvalue weighted by molar-refractivity contribution is 8.13.